The highest BCUT2D eigenvalue weighted by Gasteiger charge is 2.19. The number of nitrogens with one attached hydrogen (secondary N) is 2. The highest BCUT2D eigenvalue weighted by molar-refractivity contribution is 14.0. The summed E-state index contributed by atoms with van der Waals surface area (Å²) in [7, 11) is 3.86. The second-order valence-corrected chi connectivity index (χ2v) is 6.58. The van der Waals surface area contributed by atoms with E-state index in [0.29, 0.717) is 0 Å². The zero-order valence-electron chi connectivity index (χ0n) is 16.7. The summed E-state index contributed by atoms with van der Waals surface area (Å²) in [4.78, 5) is 9.63. The van der Waals surface area contributed by atoms with Gasteiger partial charge in [-0.05, 0) is 39.8 Å². The van der Waals surface area contributed by atoms with Crippen molar-refractivity contribution in [3.05, 3.63) is 0 Å². The molecule has 0 bridgehead atoms. The van der Waals surface area contributed by atoms with Crippen molar-refractivity contribution in [3.63, 3.8) is 0 Å². The van der Waals surface area contributed by atoms with Crippen LogP contribution in [0.25, 0.3) is 0 Å². The first-order valence-corrected chi connectivity index (χ1v) is 9.64. The van der Waals surface area contributed by atoms with Crippen LogP contribution in [0.15, 0.2) is 4.99 Å². The second kappa shape index (κ2) is 16.1. The van der Waals surface area contributed by atoms with E-state index >= 15 is 0 Å². The van der Waals surface area contributed by atoms with Crippen LogP contribution in [0, 0.1) is 0 Å². The Morgan fingerprint density at radius 2 is 2.04 bits per heavy atom. The zero-order chi connectivity index (χ0) is 17.6. The fourth-order valence-corrected chi connectivity index (χ4v) is 3.17. The first-order chi connectivity index (χ1) is 11.7. The van der Waals surface area contributed by atoms with E-state index in [2.05, 4.69) is 41.3 Å². The molecular weight excluding hydrogens is 429 g/mol. The summed E-state index contributed by atoms with van der Waals surface area (Å²) in [6, 6.07) is 0.763. The Morgan fingerprint density at radius 1 is 1.24 bits per heavy atom. The molecule has 0 spiro atoms. The minimum absolute atomic E-state index is 0. The Bertz CT molecular complexity index is 343. The van der Waals surface area contributed by atoms with Gasteiger partial charge >= 0.3 is 0 Å². The van der Waals surface area contributed by atoms with Gasteiger partial charge < -0.3 is 20.3 Å². The summed E-state index contributed by atoms with van der Waals surface area (Å²) in [5, 5.41) is 6.77. The van der Waals surface area contributed by atoms with Crippen LogP contribution in [0.3, 0.4) is 0 Å². The topological polar surface area (TPSA) is 52.1 Å². The maximum atomic E-state index is 5.10. The molecular formula is C18H40IN5O. The van der Waals surface area contributed by atoms with Crippen LogP contribution in [0.2, 0.25) is 0 Å². The zero-order valence-corrected chi connectivity index (χ0v) is 19.1. The molecule has 0 aromatic rings. The highest BCUT2D eigenvalue weighted by atomic mass is 127. The van der Waals surface area contributed by atoms with Gasteiger partial charge in [0.2, 0.25) is 0 Å². The molecule has 1 rings (SSSR count). The predicted octanol–water partition coefficient (Wildman–Crippen LogP) is 2.00. The van der Waals surface area contributed by atoms with Crippen molar-refractivity contribution in [1.29, 1.82) is 0 Å². The summed E-state index contributed by atoms with van der Waals surface area (Å²) < 4.78 is 5.10. The molecule has 7 heteroatoms. The molecule has 0 aliphatic carbocycles. The fourth-order valence-electron chi connectivity index (χ4n) is 3.17. The molecule has 6 nitrogen and oxygen atoms in total. The molecule has 0 aromatic heterocycles. The first-order valence-electron chi connectivity index (χ1n) is 9.64. The second-order valence-electron chi connectivity index (χ2n) is 6.58. The van der Waals surface area contributed by atoms with Gasteiger partial charge in [-0.3, -0.25) is 9.89 Å². The van der Waals surface area contributed by atoms with Crippen molar-refractivity contribution in [3.8, 4) is 0 Å². The van der Waals surface area contributed by atoms with Crippen molar-refractivity contribution in [2.75, 3.05) is 66.6 Å². The Labute approximate surface area is 172 Å². The van der Waals surface area contributed by atoms with E-state index in [4.69, 9.17) is 9.73 Å². The van der Waals surface area contributed by atoms with Gasteiger partial charge in [0.05, 0.1) is 13.2 Å². The number of rotatable bonds is 11. The number of likely N-dealkylation sites (N-methyl/N-ethyl adjacent to an activating group) is 1. The maximum absolute atomic E-state index is 5.10. The van der Waals surface area contributed by atoms with Crippen LogP contribution in [-0.4, -0.2) is 88.4 Å². The third kappa shape index (κ3) is 11.2. The number of piperidine rings is 1. The molecule has 1 atom stereocenters. The standard InChI is InChI=1S/C18H39N5O.HI/c1-5-17-9-7-8-12-23(17)14-11-21-18(19-6-2)20-10-13-22(3)15-16-24-4;/h17H,5-16H2,1-4H3,(H2,19,20,21);1H. The van der Waals surface area contributed by atoms with Gasteiger partial charge in [-0.15, -0.1) is 24.0 Å². The molecule has 1 heterocycles. The molecule has 150 valence electrons. The summed E-state index contributed by atoms with van der Waals surface area (Å²) in [6.07, 6.45) is 5.34. The van der Waals surface area contributed by atoms with Crippen LogP contribution in [-0.2, 0) is 4.74 Å². The monoisotopic (exact) mass is 469 g/mol. The number of ether oxygens (including phenoxy) is 1. The summed E-state index contributed by atoms with van der Waals surface area (Å²) >= 11 is 0. The fraction of sp³-hybridized carbons (Fsp3) is 0.944. The molecule has 2 N–H and O–H groups in total. The minimum atomic E-state index is 0. The Balaban J connectivity index is 0.00000576. The first kappa shape index (κ1) is 24.9. The SMILES string of the molecule is CCNC(=NCCN1CCCCC1CC)NCCN(C)CCOC.I. The summed E-state index contributed by atoms with van der Waals surface area (Å²) in [5.41, 5.74) is 0. The van der Waals surface area contributed by atoms with Crippen LogP contribution in [0.1, 0.15) is 39.5 Å². The minimum Gasteiger partial charge on any atom is -0.383 e. The Hall–Kier alpha value is -0.120. The van der Waals surface area contributed by atoms with Crippen molar-refractivity contribution < 1.29 is 4.74 Å². The average molecular weight is 469 g/mol. The number of aliphatic imine (C=N–C) groups is 1. The van der Waals surface area contributed by atoms with E-state index in [1.807, 2.05) is 0 Å². The van der Waals surface area contributed by atoms with Gasteiger partial charge in [-0.1, -0.05) is 13.3 Å². The van der Waals surface area contributed by atoms with Crippen LogP contribution in [0.5, 0.6) is 0 Å². The lowest BCUT2D eigenvalue weighted by Gasteiger charge is -2.34. The lowest BCUT2D eigenvalue weighted by molar-refractivity contribution is 0.148. The van der Waals surface area contributed by atoms with E-state index in [0.717, 1.165) is 57.9 Å². The van der Waals surface area contributed by atoms with E-state index in [1.54, 1.807) is 7.11 Å². The third-order valence-electron chi connectivity index (χ3n) is 4.68. The normalized spacial score (nSPS) is 18.9. The van der Waals surface area contributed by atoms with Crippen molar-refractivity contribution in [2.45, 2.75) is 45.6 Å². The van der Waals surface area contributed by atoms with Gasteiger partial charge in [-0.25, -0.2) is 0 Å². The largest absolute Gasteiger partial charge is 0.383 e. The van der Waals surface area contributed by atoms with Gasteiger partial charge in [0.25, 0.3) is 0 Å². The molecule has 1 aliphatic rings. The number of halogens is 1. The number of hydrogen-bond donors (Lipinski definition) is 2. The summed E-state index contributed by atoms with van der Waals surface area (Å²) in [6.45, 7) is 12.1. The number of guanidine groups is 1. The molecule has 1 aliphatic heterocycles. The molecule has 25 heavy (non-hydrogen) atoms. The maximum Gasteiger partial charge on any atom is 0.191 e. The highest BCUT2D eigenvalue weighted by Crippen LogP contribution is 2.18. The average Bonchev–Trinajstić information content (AvgIpc) is 2.60. The van der Waals surface area contributed by atoms with Gasteiger partial charge in [-0.2, -0.15) is 0 Å². The van der Waals surface area contributed by atoms with Gasteiger partial charge in [0.1, 0.15) is 0 Å². The lowest BCUT2D eigenvalue weighted by Crippen LogP contribution is -2.43. The van der Waals surface area contributed by atoms with Crippen LogP contribution in [0.4, 0.5) is 0 Å². The summed E-state index contributed by atoms with van der Waals surface area (Å²) in [5.74, 6) is 0.933. The van der Waals surface area contributed by atoms with E-state index in [9.17, 15) is 0 Å². The molecule has 0 amide bonds. The molecule has 0 aromatic carbocycles. The molecule has 1 fully saturated rings. The Morgan fingerprint density at radius 3 is 2.72 bits per heavy atom. The lowest BCUT2D eigenvalue weighted by atomic mass is 10.0. The number of hydrogen-bond acceptors (Lipinski definition) is 4. The number of nitrogens with zero attached hydrogens (tertiary/aromatic N) is 3. The van der Waals surface area contributed by atoms with Crippen molar-refractivity contribution >= 4 is 29.9 Å². The number of likely N-dealkylation sites (tertiary alicyclic amines) is 1. The van der Waals surface area contributed by atoms with E-state index in [-0.39, 0.29) is 24.0 Å². The smallest absolute Gasteiger partial charge is 0.191 e. The van der Waals surface area contributed by atoms with Gasteiger partial charge in [0.15, 0.2) is 5.96 Å². The molecule has 0 radical (unpaired) electrons. The molecule has 1 unspecified atom stereocenters. The van der Waals surface area contributed by atoms with Crippen molar-refractivity contribution in [1.82, 2.24) is 20.4 Å². The quantitative estimate of drug-likeness (QED) is 0.276. The van der Waals surface area contributed by atoms with Crippen LogP contribution < -0.4 is 10.6 Å². The predicted molar refractivity (Wildman–Crippen MR) is 118 cm³/mol. The van der Waals surface area contributed by atoms with Crippen molar-refractivity contribution in [2.24, 2.45) is 4.99 Å². The van der Waals surface area contributed by atoms with Crippen LogP contribution >= 0.6 is 24.0 Å². The molecule has 0 saturated carbocycles. The van der Waals surface area contributed by atoms with E-state index < -0.39 is 0 Å². The Kier molecular flexibility index (Phi) is 16.0. The third-order valence-corrected chi connectivity index (χ3v) is 4.68. The molecule has 1 saturated heterocycles. The number of methoxy groups -OCH3 is 1. The van der Waals surface area contributed by atoms with Gasteiger partial charge in [0, 0.05) is 45.9 Å². The van der Waals surface area contributed by atoms with E-state index in [1.165, 1.54) is 32.2 Å².